The van der Waals surface area contributed by atoms with Crippen LogP contribution in [0.1, 0.15) is 34.1 Å². The number of nitrogens with two attached hydrogens (primary N) is 1. The van der Waals surface area contributed by atoms with E-state index in [0.717, 1.165) is 19.3 Å². The van der Waals surface area contributed by atoms with Crippen LogP contribution in [0.2, 0.25) is 6.32 Å². The lowest BCUT2D eigenvalue weighted by Crippen LogP contribution is -2.41. The molecule has 1 aromatic heterocycles. The third-order valence-electron chi connectivity index (χ3n) is 3.95. The highest BCUT2D eigenvalue weighted by molar-refractivity contribution is 7.82. The number of aromatic nitrogens is 2. The molecular weight excluding hydrogens is 277 g/mol. The summed E-state index contributed by atoms with van der Waals surface area (Å²) in [6.45, 7) is 8.90. The van der Waals surface area contributed by atoms with Gasteiger partial charge in [0.05, 0.1) is 11.2 Å². The van der Waals surface area contributed by atoms with Gasteiger partial charge in [-0.25, -0.2) is 9.35 Å². The summed E-state index contributed by atoms with van der Waals surface area (Å²) in [5.41, 5.74) is -0.569. The van der Waals surface area contributed by atoms with Crippen molar-refractivity contribution in [2.75, 3.05) is 0 Å². The highest BCUT2D eigenvalue weighted by Crippen LogP contribution is 2.37. The molecule has 6 nitrogen and oxygen atoms in total. The van der Waals surface area contributed by atoms with Gasteiger partial charge in [0.15, 0.2) is 5.03 Å². The van der Waals surface area contributed by atoms with Gasteiger partial charge in [-0.1, -0.05) is 0 Å². The molecule has 1 saturated heterocycles. The number of rotatable bonds is 5. The summed E-state index contributed by atoms with van der Waals surface area (Å²) in [4.78, 5) is 0. The third-order valence-corrected chi connectivity index (χ3v) is 4.58. The maximum atomic E-state index is 11.1. The predicted octanol–water partition coefficient (Wildman–Crippen LogP) is 1.35. The van der Waals surface area contributed by atoms with Crippen LogP contribution in [0.4, 0.5) is 0 Å². The first-order valence-corrected chi connectivity index (χ1v) is 7.98. The zero-order valence-corrected chi connectivity index (χ0v) is 13.3. The molecule has 0 radical (unpaired) electrons. The Morgan fingerprint density at radius 1 is 1.35 bits per heavy atom. The van der Waals surface area contributed by atoms with Gasteiger partial charge in [0.25, 0.3) is 0 Å². The van der Waals surface area contributed by atoms with Crippen molar-refractivity contribution in [3.8, 4) is 0 Å². The molecule has 0 bridgehead atoms. The number of hydrogen-bond acceptors (Lipinski definition) is 4. The van der Waals surface area contributed by atoms with Gasteiger partial charge in [0.1, 0.15) is 11.0 Å². The van der Waals surface area contributed by atoms with Crippen LogP contribution < -0.4 is 5.14 Å². The van der Waals surface area contributed by atoms with Crippen molar-refractivity contribution in [2.24, 2.45) is 5.14 Å². The van der Waals surface area contributed by atoms with E-state index in [9.17, 15) is 4.21 Å². The molecule has 1 unspecified atom stereocenters. The lowest BCUT2D eigenvalue weighted by molar-refractivity contribution is 0.00578. The van der Waals surface area contributed by atoms with Gasteiger partial charge in [-0.3, -0.25) is 4.68 Å². The first kappa shape index (κ1) is 15.7. The molecule has 20 heavy (non-hydrogen) atoms. The van der Waals surface area contributed by atoms with Crippen LogP contribution in [-0.2, 0) is 26.8 Å². The molecular formula is C12H22BN3O3S. The third kappa shape index (κ3) is 3.31. The van der Waals surface area contributed by atoms with E-state index < -0.39 is 11.0 Å². The van der Waals surface area contributed by atoms with E-state index in [1.54, 1.807) is 16.9 Å². The largest absolute Gasteiger partial charge is 0.457 e. The highest BCUT2D eigenvalue weighted by Gasteiger charge is 2.50. The van der Waals surface area contributed by atoms with E-state index in [2.05, 4.69) is 5.10 Å². The molecule has 0 aliphatic carbocycles. The van der Waals surface area contributed by atoms with Crippen LogP contribution in [0.15, 0.2) is 17.3 Å². The van der Waals surface area contributed by atoms with Gasteiger partial charge >= 0.3 is 7.12 Å². The maximum Gasteiger partial charge on any atom is 0.457 e. The fourth-order valence-electron chi connectivity index (χ4n) is 2.08. The molecule has 2 N–H and O–H groups in total. The highest BCUT2D eigenvalue weighted by atomic mass is 32.2. The Kier molecular flexibility index (Phi) is 4.39. The minimum atomic E-state index is -1.52. The summed E-state index contributed by atoms with van der Waals surface area (Å²) in [6, 6.07) is 1.67. The predicted molar refractivity (Wildman–Crippen MR) is 78.3 cm³/mol. The van der Waals surface area contributed by atoms with E-state index >= 15 is 0 Å². The molecule has 1 fully saturated rings. The van der Waals surface area contributed by atoms with Gasteiger partial charge in [-0.2, -0.15) is 5.10 Å². The SMILES string of the molecule is CC1(C)OB(CCCn2ccc(S(N)=O)n2)OC1(C)C. The van der Waals surface area contributed by atoms with Crippen LogP contribution in [-0.4, -0.2) is 32.3 Å². The van der Waals surface area contributed by atoms with Crippen molar-refractivity contribution >= 4 is 18.1 Å². The van der Waals surface area contributed by atoms with Crippen molar-refractivity contribution < 1.29 is 13.5 Å². The van der Waals surface area contributed by atoms with Crippen molar-refractivity contribution in [3.05, 3.63) is 12.3 Å². The second kappa shape index (κ2) is 5.59. The average Bonchev–Trinajstić information content (AvgIpc) is 2.83. The Morgan fingerprint density at radius 3 is 2.45 bits per heavy atom. The van der Waals surface area contributed by atoms with Crippen LogP contribution >= 0.6 is 0 Å². The summed E-state index contributed by atoms with van der Waals surface area (Å²) < 4.78 is 24.6. The standard InChI is InChI=1S/C12H22BN3O3S/c1-11(2)12(3,4)19-13(18-11)7-5-8-16-9-6-10(15-16)20(14)17/h6,9H,5,7-8,14H2,1-4H3. The molecule has 8 heteroatoms. The van der Waals surface area contributed by atoms with Crippen LogP contribution in [0.5, 0.6) is 0 Å². The van der Waals surface area contributed by atoms with Crippen molar-refractivity contribution in [1.29, 1.82) is 0 Å². The van der Waals surface area contributed by atoms with Crippen molar-refractivity contribution in [1.82, 2.24) is 9.78 Å². The topological polar surface area (TPSA) is 79.4 Å². The summed E-state index contributed by atoms with van der Waals surface area (Å²) in [5.74, 6) is 0. The normalized spacial score (nSPS) is 22.1. The van der Waals surface area contributed by atoms with E-state index in [1.165, 1.54) is 0 Å². The summed E-state index contributed by atoms with van der Waals surface area (Å²) in [5, 5.41) is 9.82. The van der Waals surface area contributed by atoms with Crippen molar-refractivity contribution in [2.45, 2.75) is 63.2 Å². The number of hydrogen-bond donors (Lipinski definition) is 1. The molecule has 2 heterocycles. The molecule has 0 amide bonds. The Labute approximate surface area is 122 Å². The van der Waals surface area contributed by atoms with Gasteiger partial charge in [0, 0.05) is 12.7 Å². The van der Waals surface area contributed by atoms with E-state index in [0.29, 0.717) is 5.03 Å². The van der Waals surface area contributed by atoms with E-state index in [4.69, 9.17) is 14.4 Å². The fraction of sp³-hybridized carbons (Fsp3) is 0.750. The fourth-order valence-corrected chi connectivity index (χ4v) is 2.46. The first-order chi connectivity index (χ1) is 9.21. The smallest absolute Gasteiger partial charge is 0.403 e. The summed E-state index contributed by atoms with van der Waals surface area (Å²) in [7, 11) is -1.70. The first-order valence-electron chi connectivity index (χ1n) is 6.76. The summed E-state index contributed by atoms with van der Waals surface area (Å²) in [6.07, 6.45) is 3.45. The van der Waals surface area contributed by atoms with Crippen LogP contribution in [0.25, 0.3) is 0 Å². The second-order valence-corrected chi connectivity index (χ2v) is 7.06. The lowest BCUT2D eigenvalue weighted by atomic mass is 9.83. The maximum absolute atomic E-state index is 11.1. The average molecular weight is 299 g/mol. The van der Waals surface area contributed by atoms with Gasteiger partial charge in [-0.05, 0) is 46.5 Å². The Balaban J connectivity index is 1.81. The Hall–Kier alpha value is -0.695. The Bertz CT molecular complexity index is 488. The minimum Gasteiger partial charge on any atom is -0.403 e. The molecule has 2 rings (SSSR count). The molecule has 112 valence electrons. The molecule has 0 saturated carbocycles. The second-order valence-electron chi connectivity index (χ2n) is 6.04. The molecule has 1 atom stereocenters. The molecule has 1 aliphatic heterocycles. The van der Waals surface area contributed by atoms with Crippen LogP contribution in [0, 0.1) is 0 Å². The van der Waals surface area contributed by atoms with Gasteiger partial charge in [-0.15, -0.1) is 0 Å². The quantitative estimate of drug-likeness (QED) is 0.832. The number of nitrogens with zero attached hydrogens (tertiary/aromatic N) is 2. The van der Waals surface area contributed by atoms with Gasteiger partial charge in [0.2, 0.25) is 0 Å². The minimum absolute atomic E-state index is 0.182. The van der Waals surface area contributed by atoms with Crippen LogP contribution in [0.3, 0.4) is 0 Å². The lowest BCUT2D eigenvalue weighted by Gasteiger charge is -2.32. The zero-order valence-electron chi connectivity index (χ0n) is 12.5. The molecule has 0 aromatic carbocycles. The van der Waals surface area contributed by atoms with Gasteiger partial charge < -0.3 is 9.31 Å². The van der Waals surface area contributed by atoms with E-state index in [-0.39, 0.29) is 18.3 Å². The molecule has 0 spiro atoms. The van der Waals surface area contributed by atoms with Crippen molar-refractivity contribution in [3.63, 3.8) is 0 Å². The molecule has 1 aliphatic rings. The Morgan fingerprint density at radius 2 is 1.95 bits per heavy atom. The molecule has 1 aromatic rings. The summed E-state index contributed by atoms with van der Waals surface area (Å²) >= 11 is 0. The van der Waals surface area contributed by atoms with E-state index in [1.807, 2.05) is 27.7 Å². The number of aryl methyl sites for hydroxylation is 1. The zero-order chi connectivity index (χ0) is 15.0. The monoisotopic (exact) mass is 299 g/mol.